The number of nitrogens with zero attached hydrogens (tertiary/aromatic N) is 2. The average molecular weight is 263 g/mol. The summed E-state index contributed by atoms with van der Waals surface area (Å²) < 4.78 is 0. The highest BCUT2D eigenvalue weighted by atomic mass is 15.2. The van der Waals surface area contributed by atoms with Gasteiger partial charge >= 0.3 is 0 Å². The van der Waals surface area contributed by atoms with Gasteiger partial charge in [0.05, 0.1) is 6.07 Å². The Morgan fingerprint density at radius 1 is 1.26 bits per heavy atom. The Labute approximate surface area is 118 Å². The first kappa shape index (κ1) is 14.8. The van der Waals surface area contributed by atoms with Crippen molar-refractivity contribution in [2.75, 3.05) is 26.7 Å². The van der Waals surface area contributed by atoms with E-state index in [0.717, 1.165) is 6.54 Å². The minimum atomic E-state index is -0.293. The molecule has 0 bridgehead atoms. The van der Waals surface area contributed by atoms with Crippen molar-refractivity contribution >= 4 is 0 Å². The zero-order valence-electron chi connectivity index (χ0n) is 12.8. The monoisotopic (exact) mass is 263 g/mol. The summed E-state index contributed by atoms with van der Waals surface area (Å²) in [7, 11) is 1.95. The molecule has 19 heavy (non-hydrogen) atoms. The molecule has 1 unspecified atom stereocenters. The third-order valence-electron chi connectivity index (χ3n) is 5.81. The first-order valence-electron chi connectivity index (χ1n) is 7.96. The van der Waals surface area contributed by atoms with E-state index >= 15 is 0 Å². The number of rotatable bonds is 6. The predicted molar refractivity (Wildman–Crippen MR) is 78.8 cm³/mol. The van der Waals surface area contributed by atoms with Gasteiger partial charge in [0.1, 0.15) is 5.54 Å². The number of hydrogen-bond acceptors (Lipinski definition) is 3. The van der Waals surface area contributed by atoms with Crippen LogP contribution in [-0.4, -0.2) is 37.1 Å². The predicted octanol–water partition coefficient (Wildman–Crippen LogP) is 2.78. The second-order valence-electron chi connectivity index (χ2n) is 6.59. The summed E-state index contributed by atoms with van der Waals surface area (Å²) in [5, 5.41) is 12.9. The van der Waals surface area contributed by atoms with Crippen LogP contribution in [0.5, 0.6) is 0 Å². The van der Waals surface area contributed by atoms with E-state index in [-0.39, 0.29) is 5.54 Å². The molecule has 0 aromatic carbocycles. The maximum Gasteiger partial charge on any atom is 0.122 e. The summed E-state index contributed by atoms with van der Waals surface area (Å²) in [6, 6.07) is 2.57. The van der Waals surface area contributed by atoms with Gasteiger partial charge < -0.3 is 10.2 Å². The van der Waals surface area contributed by atoms with Crippen LogP contribution in [0.15, 0.2) is 0 Å². The number of likely N-dealkylation sites (tertiary alicyclic amines) is 1. The highest BCUT2D eigenvalue weighted by molar-refractivity contribution is 5.16. The van der Waals surface area contributed by atoms with E-state index in [9.17, 15) is 5.26 Å². The largest absolute Gasteiger partial charge is 0.301 e. The van der Waals surface area contributed by atoms with Crippen LogP contribution in [0.25, 0.3) is 0 Å². The number of nitrogens with one attached hydrogen (secondary N) is 1. The molecular formula is C16H29N3. The van der Waals surface area contributed by atoms with E-state index < -0.39 is 0 Å². The fourth-order valence-corrected chi connectivity index (χ4v) is 3.67. The van der Waals surface area contributed by atoms with Gasteiger partial charge in [0.15, 0.2) is 0 Å². The summed E-state index contributed by atoms with van der Waals surface area (Å²) in [5.74, 6) is 0.575. The normalized spacial score (nSPS) is 26.6. The SMILES string of the molecule is CCC1(CC)CCN(CC(C#N)(NC)C2CC2)CC1. The molecule has 1 atom stereocenters. The molecule has 1 heterocycles. The minimum absolute atomic E-state index is 0.293. The Kier molecular flexibility index (Phi) is 4.53. The highest BCUT2D eigenvalue weighted by Crippen LogP contribution is 2.42. The van der Waals surface area contributed by atoms with Crippen LogP contribution in [0.4, 0.5) is 0 Å². The Bertz CT molecular complexity index is 328. The number of piperidine rings is 1. The van der Waals surface area contributed by atoms with Crippen LogP contribution in [0.2, 0.25) is 0 Å². The maximum atomic E-state index is 9.57. The second kappa shape index (κ2) is 5.81. The molecule has 2 aliphatic rings. The number of likely N-dealkylation sites (N-methyl/N-ethyl adjacent to an activating group) is 1. The van der Waals surface area contributed by atoms with Crippen LogP contribution < -0.4 is 5.32 Å². The van der Waals surface area contributed by atoms with Crippen molar-refractivity contribution in [1.82, 2.24) is 10.2 Å². The molecular weight excluding hydrogens is 234 g/mol. The maximum absolute atomic E-state index is 9.57. The van der Waals surface area contributed by atoms with Gasteiger partial charge in [-0.25, -0.2) is 0 Å². The molecule has 1 aliphatic carbocycles. The lowest BCUT2D eigenvalue weighted by atomic mass is 9.74. The van der Waals surface area contributed by atoms with Crippen molar-refractivity contribution in [1.29, 1.82) is 5.26 Å². The van der Waals surface area contributed by atoms with E-state index in [2.05, 4.69) is 30.1 Å². The van der Waals surface area contributed by atoms with E-state index in [1.165, 1.54) is 51.6 Å². The Morgan fingerprint density at radius 2 is 1.84 bits per heavy atom. The summed E-state index contributed by atoms with van der Waals surface area (Å²) in [5.41, 5.74) is 0.281. The molecule has 0 radical (unpaired) electrons. The van der Waals surface area contributed by atoms with Gasteiger partial charge in [-0.15, -0.1) is 0 Å². The molecule has 1 saturated heterocycles. The second-order valence-corrected chi connectivity index (χ2v) is 6.59. The lowest BCUT2D eigenvalue weighted by Gasteiger charge is -2.43. The standard InChI is InChI=1S/C16H29N3/c1-4-15(5-2)8-10-19(11-9-15)13-16(12-17,18-3)14-6-7-14/h14,18H,4-11,13H2,1-3H3. The van der Waals surface area contributed by atoms with Crippen LogP contribution >= 0.6 is 0 Å². The number of hydrogen-bond donors (Lipinski definition) is 1. The van der Waals surface area contributed by atoms with Crippen molar-refractivity contribution in [3.63, 3.8) is 0 Å². The third-order valence-corrected chi connectivity index (χ3v) is 5.81. The fraction of sp³-hybridized carbons (Fsp3) is 0.938. The first-order chi connectivity index (χ1) is 9.13. The molecule has 0 spiro atoms. The highest BCUT2D eigenvalue weighted by Gasteiger charge is 2.46. The van der Waals surface area contributed by atoms with Gasteiger partial charge in [0.25, 0.3) is 0 Å². The quantitative estimate of drug-likeness (QED) is 0.801. The third kappa shape index (κ3) is 2.95. The van der Waals surface area contributed by atoms with Gasteiger partial charge in [0.2, 0.25) is 0 Å². The lowest BCUT2D eigenvalue weighted by Crippen LogP contribution is -2.55. The van der Waals surface area contributed by atoms with Gasteiger partial charge in [-0.05, 0) is 57.2 Å². The molecule has 0 aromatic heterocycles. The molecule has 0 aromatic rings. The van der Waals surface area contributed by atoms with Crippen molar-refractivity contribution in [2.45, 2.75) is 57.9 Å². The van der Waals surface area contributed by atoms with Gasteiger partial charge in [0, 0.05) is 6.54 Å². The molecule has 108 valence electrons. The zero-order valence-corrected chi connectivity index (χ0v) is 12.8. The van der Waals surface area contributed by atoms with Crippen molar-refractivity contribution in [2.24, 2.45) is 11.3 Å². The summed E-state index contributed by atoms with van der Waals surface area (Å²) in [4.78, 5) is 2.52. The van der Waals surface area contributed by atoms with Gasteiger partial charge in [-0.1, -0.05) is 26.7 Å². The fourth-order valence-electron chi connectivity index (χ4n) is 3.67. The van der Waals surface area contributed by atoms with E-state index in [4.69, 9.17) is 0 Å². The summed E-state index contributed by atoms with van der Waals surface area (Å²) >= 11 is 0. The Morgan fingerprint density at radius 3 is 2.21 bits per heavy atom. The summed E-state index contributed by atoms with van der Waals surface area (Å²) in [6.45, 7) is 7.90. The van der Waals surface area contributed by atoms with Gasteiger partial charge in [-0.2, -0.15) is 5.26 Å². The van der Waals surface area contributed by atoms with Crippen LogP contribution in [0.1, 0.15) is 52.4 Å². The van der Waals surface area contributed by atoms with E-state index in [0.29, 0.717) is 11.3 Å². The zero-order chi connectivity index (χ0) is 13.9. The molecule has 3 nitrogen and oxygen atoms in total. The molecule has 2 rings (SSSR count). The molecule has 2 fully saturated rings. The Balaban J connectivity index is 1.93. The van der Waals surface area contributed by atoms with Crippen molar-refractivity contribution in [3.05, 3.63) is 0 Å². The van der Waals surface area contributed by atoms with Crippen LogP contribution in [-0.2, 0) is 0 Å². The minimum Gasteiger partial charge on any atom is -0.301 e. The topological polar surface area (TPSA) is 39.1 Å². The van der Waals surface area contributed by atoms with Crippen LogP contribution in [0.3, 0.4) is 0 Å². The lowest BCUT2D eigenvalue weighted by molar-refractivity contribution is 0.0785. The molecule has 3 heteroatoms. The molecule has 1 N–H and O–H groups in total. The van der Waals surface area contributed by atoms with Gasteiger partial charge in [-0.3, -0.25) is 0 Å². The average Bonchev–Trinajstić information content (AvgIpc) is 3.31. The molecule has 1 saturated carbocycles. The smallest absolute Gasteiger partial charge is 0.122 e. The van der Waals surface area contributed by atoms with E-state index in [1.54, 1.807) is 0 Å². The van der Waals surface area contributed by atoms with Crippen molar-refractivity contribution in [3.8, 4) is 6.07 Å². The molecule has 0 amide bonds. The van der Waals surface area contributed by atoms with Crippen LogP contribution in [0, 0.1) is 22.7 Å². The number of nitriles is 1. The summed E-state index contributed by atoms with van der Waals surface area (Å²) in [6.07, 6.45) is 7.64. The molecule has 1 aliphatic heterocycles. The first-order valence-corrected chi connectivity index (χ1v) is 7.96. The Hall–Kier alpha value is -0.590. The van der Waals surface area contributed by atoms with E-state index in [1.807, 2.05) is 7.05 Å². The van der Waals surface area contributed by atoms with Crippen molar-refractivity contribution < 1.29 is 0 Å².